The van der Waals surface area contributed by atoms with Gasteiger partial charge in [0.05, 0.1) is 23.9 Å². The van der Waals surface area contributed by atoms with Crippen LogP contribution in [0.4, 0.5) is 14.9 Å². The predicted octanol–water partition coefficient (Wildman–Crippen LogP) is 4.86. The van der Waals surface area contributed by atoms with E-state index in [0.717, 1.165) is 0 Å². The average Bonchev–Trinajstić information content (AvgIpc) is 2.74. The molecule has 1 aliphatic rings. The molecule has 0 fully saturated rings. The molecule has 1 aliphatic heterocycles. The van der Waals surface area contributed by atoms with Gasteiger partial charge in [0.25, 0.3) is 0 Å². The lowest BCUT2D eigenvalue weighted by atomic mass is 9.97. The Hall–Kier alpha value is -2.91. The van der Waals surface area contributed by atoms with Gasteiger partial charge in [0.15, 0.2) is 12.4 Å². The lowest BCUT2D eigenvalue weighted by Gasteiger charge is -2.31. The van der Waals surface area contributed by atoms with E-state index in [1.807, 2.05) is 0 Å². The van der Waals surface area contributed by atoms with Crippen molar-refractivity contribution in [3.05, 3.63) is 69.6 Å². The molecule has 1 heterocycles. The maximum absolute atomic E-state index is 13.3. The topological polar surface area (TPSA) is 84.9 Å². The summed E-state index contributed by atoms with van der Waals surface area (Å²) in [6.07, 6.45) is 2.75. The number of ether oxygens (including phenoxy) is 2. The van der Waals surface area contributed by atoms with Gasteiger partial charge in [-0.1, -0.05) is 23.7 Å². The zero-order valence-corrected chi connectivity index (χ0v) is 18.6. The first kappa shape index (κ1) is 22.8. The van der Waals surface area contributed by atoms with Crippen LogP contribution in [0.2, 0.25) is 5.02 Å². The molecule has 10 heteroatoms. The molecule has 0 unspecified atom stereocenters. The van der Waals surface area contributed by atoms with Gasteiger partial charge < -0.3 is 14.8 Å². The van der Waals surface area contributed by atoms with Crippen molar-refractivity contribution in [3.8, 4) is 5.75 Å². The highest BCUT2D eigenvalue weighted by atomic mass is 79.9. The number of methoxy groups -OCH3 is 1. The number of rotatable bonds is 5. The second-order valence-corrected chi connectivity index (χ2v) is 7.78. The Kier molecular flexibility index (Phi) is 7.29. The summed E-state index contributed by atoms with van der Waals surface area (Å²) in [6.45, 7) is -0.352. The number of benzene rings is 2. The van der Waals surface area contributed by atoms with Gasteiger partial charge >= 0.3 is 12.0 Å². The minimum atomic E-state index is -0.598. The Morgan fingerprint density at radius 1 is 1.29 bits per heavy atom. The molecule has 2 aromatic rings. The molecule has 0 aliphatic carbocycles. The summed E-state index contributed by atoms with van der Waals surface area (Å²) in [5.74, 6) is -0.980. The first-order valence-electron chi connectivity index (χ1n) is 9.03. The van der Waals surface area contributed by atoms with Crippen molar-refractivity contribution in [2.75, 3.05) is 19.0 Å². The summed E-state index contributed by atoms with van der Waals surface area (Å²) in [4.78, 5) is 37.6. The molecule has 0 radical (unpaired) electrons. The van der Waals surface area contributed by atoms with Crippen LogP contribution in [0.1, 0.15) is 18.0 Å². The van der Waals surface area contributed by atoms with E-state index in [-0.39, 0.29) is 29.6 Å². The SMILES string of the molecule is COC(=O)COc1cc(NC(=O)N2C=CC(=O)C[C@H]2c2ccc(F)cc2)c(Br)cc1Cl. The number of carbonyl (C=O) groups excluding carboxylic acids is 3. The number of allylic oxidation sites excluding steroid dienone is 1. The van der Waals surface area contributed by atoms with Crippen molar-refractivity contribution in [2.45, 2.75) is 12.5 Å². The van der Waals surface area contributed by atoms with Crippen LogP contribution in [0.15, 0.2) is 53.1 Å². The van der Waals surface area contributed by atoms with Crippen LogP contribution in [0.5, 0.6) is 5.75 Å². The molecule has 0 saturated heterocycles. The fourth-order valence-electron chi connectivity index (χ4n) is 2.91. The first-order valence-corrected chi connectivity index (χ1v) is 10.2. The van der Waals surface area contributed by atoms with Crippen LogP contribution >= 0.6 is 27.5 Å². The molecule has 1 atom stereocenters. The van der Waals surface area contributed by atoms with Crippen LogP contribution in [0.3, 0.4) is 0 Å². The minimum Gasteiger partial charge on any atom is -0.480 e. The summed E-state index contributed by atoms with van der Waals surface area (Å²) < 4.78 is 23.6. The standard InChI is InChI=1S/C21H17BrClFN2O5/c1-30-20(28)11-31-19-10-17(15(22)9-16(19)23)25-21(29)26-7-6-14(27)8-18(26)12-2-4-13(24)5-3-12/h2-7,9-10,18H,8,11H2,1H3,(H,25,29)/t18-/m0/s1. The quantitative estimate of drug-likeness (QED) is 0.580. The van der Waals surface area contributed by atoms with E-state index in [1.54, 1.807) is 0 Å². The molecule has 162 valence electrons. The monoisotopic (exact) mass is 510 g/mol. The fraction of sp³-hybridized carbons (Fsp3) is 0.190. The van der Waals surface area contributed by atoms with Crippen LogP contribution < -0.4 is 10.1 Å². The largest absolute Gasteiger partial charge is 0.480 e. The number of carbonyl (C=O) groups is 3. The highest BCUT2D eigenvalue weighted by Crippen LogP contribution is 2.36. The van der Waals surface area contributed by atoms with E-state index < -0.39 is 23.9 Å². The Labute approximate surface area is 190 Å². The van der Waals surface area contributed by atoms with E-state index in [0.29, 0.717) is 15.7 Å². The molecule has 2 amide bonds. The number of halogens is 3. The van der Waals surface area contributed by atoms with Crippen molar-refractivity contribution >= 4 is 51.0 Å². The Bertz CT molecular complexity index is 1040. The van der Waals surface area contributed by atoms with Gasteiger partial charge in [-0.2, -0.15) is 0 Å². The second kappa shape index (κ2) is 9.93. The number of ketones is 1. The number of hydrogen-bond donors (Lipinski definition) is 1. The lowest BCUT2D eigenvalue weighted by molar-refractivity contribution is -0.142. The maximum atomic E-state index is 13.3. The fourth-order valence-corrected chi connectivity index (χ4v) is 3.70. The highest BCUT2D eigenvalue weighted by molar-refractivity contribution is 9.10. The minimum absolute atomic E-state index is 0.0603. The van der Waals surface area contributed by atoms with Crippen molar-refractivity contribution in [1.82, 2.24) is 4.90 Å². The van der Waals surface area contributed by atoms with E-state index in [1.165, 1.54) is 60.7 Å². The molecule has 7 nitrogen and oxygen atoms in total. The summed E-state index contributed by atoms with van der Waals surface area (Å²) in [7, 11) is 1.23. The van der Waals surface area contributed by atoms with Gasteiger partial charge in [-0.3, -0.25) is 9.69 Å². The highest BCUT2D eigenvalue weighted by Gasteiger charge is 2.29. The van der Waals surface area contributed by atoms with Gasteiger partial charge in [0.1, 0.15) is 11.6 Å². The van der Waals surface area contributed by atoms with E-state index in [4.69, 9.17) is 16.3 Å². The van der Waals surface area contributed by atoms with Gasteiger partial charge in [0, 0.05) is 23.2 Å². The third-order valence-electron chi connectivity index (χ3n) is 4.48. The number of urea groups is 1. The Morgan fingerprint density at radius 3 is 2.68 bits per heavy atom. The van der Waals surface area contributed by atoms with Crippen LogP contribution in [0.25, 0.3) is 0 Å². The molecule has 0 aromatic heterocycles. The van der Waals surface area contributed by atoms with Gasteiger partial charge in [-0.25, -0.2) is 14.0 Å². The predicted molar refractivity (Wildman–Crippen MR) is 115 cm³/mol. The Balaban J connectivity index is 1.83. The second-order valence-electron chi connectivity index (χ2n) is 6.52. The molecule has 0 saturated carbocycles. The van der Waals surface area contributed by atoms with Crippen molar-refractivity contribution < 1.29 is 28.2 Å². The smallest absolute Gasteiger partial charge is 0.343 e. The van der Waals surface area contributed by atoms with E-state index in [2.05, 4.69) is 26.0 Å². The van der Waals surface area contributed by atoms with Crippen molar-refractivity contribution in [1.29, 1.82) is 0 Å². The van der Waals surface area contributed by atoms with Crippen molar-refractivity contribution in [2.24, 2.45) is 0 Å². The summed E-state index contributed by atoms with van der Waals surface area (Å²) in [5, 5.41) is 2.95. The number of anilines is 1. The summed E-state index contributed by atoms with van der Waals surface area (Å²) in [6, 6.07) is 7.45. The Morgan fingerprint density at radius 2 is 2.00 bits per heavy atom. The van der Waals surface area contributed by atoms with Crippen LogP contribution in [0, 0.1) is 5.82 Å². The summed E-state index contributed by atoms with van der Waals surface area (Å²) >= 11 is 9.46. The number of nitrogens with zero attached hydrogens (tertiary/aromatic N) is 1. The van der Waals surface area contributed by atoms with Crippen LogP contribution in [-0.2, 0) is 14.3 Å². The zero-order valence-electron chi connectivity index (χ0n) is 16.2. The number of hydrogen-bond acceptors (Lipinski definition) is 5. The molecule has 0 bridgehead atoms. The maximum Gasteiger partial charge on any atom is 0.343 e. The average molecular weight is 512 g/mol. The van der Waals surface area contributed by atoms with Crippen LogP contribution in [-0.4, -0.2) is 36.4 Å². The number of esters is 1. The molecule has 0 spiro atoms. The molecule has 2 aromatic carbocycles. The number of nitrogens with one attached hydrogen (secondary N) is 1. The molecule has 3 rings (SSSR count). The van der Waals surface area contributed by atoms with E-state index >= 15 is 0 Å². The molecule has 31 heavy (non-hydrogen) atoms. The van der Waals surface area contributed by atoms with Gasteiger partial charge in [-0.05, 0) is 45.8 Å². The molecular formula is C21H17BrClFN2O5. The normalized spacial score (nSPS) is 15.5. The van der Waals surface area contributed by atoms with Crippen molar-refractivity contribution in [3.63, 3.8) is 0 Å². The molecule has 1 N–H and O–H groups in total. The number of amides is 2. The third kappa shape index (κ3) is 5.62. The third-order valence-corrected chi connectivity index (χ3v) is 5.43. The summed E-state index contributed by atoms with van der Waals surface area (Å²) in [5.41, 5.74) is 0.948. The van der Waals surface area contributed by atoms with Gasteiger partial charge in [-0.15, -0.1) is 0 Å². The van der Waals surface area contributed by atoms with Gasteiger partial charge in [0.2, 0.25) is 0 Å². The van der Waals surface area contributed by atoms with E-state index in [9.17, 15) is 18.8 Å². The zero-order chi connectivity index (χ0) is 22.5. The molecular weight excluding hydrogens is 495 g/mol. The first-order chi connectivity index (χ1) is 14.8. The lowest BCUT2D eigenvalue weighted by Crippen LogP contribution is -2.37.